The lowest BCUT2D eigenvalue weighted by Crippen LogP contribution is -2.38. The molecule has 0 aliphatic carbocycles. The van der Waals surface area contributed by atoms with E-state index in [9.17, 15) is 4.79 Å². The number of nitrogens with one attached hydrogen (secondary N) is 2. The van der Waals surface area contributed by atoms with Crippen molar-refractivity contribution in [3.63, 3.8) is 0 Å². The number of aromatic nitrogens is 2. The molecule has 2 amide bonds. The molecule has 26 heavy (non-hydrogen) atoms. The molecule has 1 aromatic heterocycles. The van der Waals surface area contributed by atoms with E-state index in [0.29, 0.717) is 12.6 Å². The van der Waals surface area contributed by atoms with Gasteiger partial charge in [-0.2, -0.15) is 5.10 Å². The van der Waals surface area contributed by atoms with Gasteiger partial charge in [0.25, 0.3) is 0 Å². The van der Waals surface area contributed by atoms with Gasteiger partial charge in [0.15, 0.2) is 0 Å². The zero-order valence-electron chi connectivity index (χ0n) is 15.5. The highest BCUT2D eigenvalue weighted by Crippen LogP contribution is 2.19. The van der Waals surface area contributed by atoms with E-state index in [1.54, 1.807) is 10.9 Å². The highest BCUT2D eigenvalue weighted by molar-refractivity contribution is 5.91. The Hall–Kier alpha value is -2.34. The number of carbonyl (C=O) groups excluding carboxylic acids is 1. The van der Waals surface area contributed by atoms with Crippen LogP contribution in [0.25, 0.3) is 5.69 Å². The molecule has 6 nitrogen and oxygen atoms in total. The molecule has 2 N–H and O–H groups in total. The Morgan fingerprint density at radius 2 is 2.12 bits per heavy atom. The third kappa shape index (κ3) is 5.08. The lowest BCUT2D eigenvalue weighted by atomic mass is 10.0. The zero-order chi connectivity index (χ0) is 18.2. The molecule has 0 saturated carbocycles. The second kappa shape index (κ2) is 9.38. The number of amides is 2. The third-order valence-electron chi connectivity index (χ3n) is 5.00. The number of benzene rings is 1. The van der Waals surface area contributed by atoms with Crippen LogP contribution in [0.5, 0.6) is 0 Å². The highest BCUT2D eigenvalue weighted by atomic mass is 16.2. The molecule has 1 atom stereocenters. The van der Waals surface area contributed by atoms with E-state index in [4.69, 9.17) is 0 Å². The predicted octanol–water partition coefficient (Wildman–Crippen LogP) is 3.65. The summed E-state index contributed by atoms with van der Waals surface area (Å²) in [5.41, 5.74) is 1.60. The number of para-hydroxylation sites is 2. The Labute approximate surface area is 155 Å². The van der Waals surface area contributed by atoms with Gasteiger partial charge in [-0.05, 0) is 63.9 Å². The van der Waals surface area contributed by atoms with Gasteiger partial charge in [0.05, 0.1) is 11.4 Å². The van der Waals surface area contributed by atoms with Gasteiger partial charge in [0.1, 0.15) is 0 Å². The number of urea groups is 1. The summed E-state index contributed by atoms with van der Waals surface area (Å²) in [4.78, 5) is 14.8. The quantitative estimate of drug-likeness (QED) is 0.745. The molecule has 1 aliphatic heterocycles. The van der Waals surface area contributed by atoms with Crippen LogP contribution in [0.3, 0.4) is 0 Å². The predicted molar refractivity (Wildman–Crippen MR) is 105 cm³/mol. The molecule has 1 fully saturated rings. The van der Waals surface area contributed by atoms with Gasteiger partial charge in [-0.25, -0.2) is 9.48 Å². The average molecular weight is 355 g/mol. The number of rotatable bonds is 7. The molecule has 0 bridgehead atoms. The molecule has 2 heterocycles. The van der Waals surface area contributed by atoms with Crippen molar-refractivity contribution in [2.24, 2.45) is 0 Å². The molecule has 1 saturated heterocycles. The number of nitrogens with zero attached hydrogens (tertiary/aromatic N) is 3. The SMILES string of the molecule is CC1CCCCN1CCCCNC(=O)Nc1ccccc1-n1cccn1. The number of likely N-dealkylation sites (tertiary alicyclic amines) is 1. The highest BCUT2D eigenvalue weighted by Gasteiger charge is 2.17. The second-order valence-electron chi connectivity index (χ2n) is 6.94. The summed E-state index contributed by atoms with van der Waals surface area (Å²) < 4.78 is 1.75. The Bertz CT molecular complexity index is 685. The molecule has 0 spiro atoms. The molecule has 1 aromatic carbocycles. The number of hydrogen-bond donors (Lipinski definition) is 2. The van der Waals surface area contributed by atoms with E-state index in [1.165, 1.54) is 25.8 Å². The van der Waals surface area contributed by atoms with E-state index in [1.807, 2.05) is 36.5 Å². The van der Waals surface area contributed by atoms with Crippen molar-refractivity contribution in [2.75, 3.05) is 25.0 Å². The lowest BCUT2D eigenvalue weighted by molar-refractivity contribution is 0.158. The normalized spacial score (nSPS) is 17.8. The van der Waals surface area contributed by atoms with Crippen LogP contribution in [-0.4, -0.2) is 46.4 Å². The van der Waals surface area contributed by atoms with Gasteiger partial charge in [0.2, 0.25) is 0 Å². The molecule has 140 valence electrons. The van der Waals surface area contributed by atoms with Gasteiger partial charge in [0, 0.05) is 25.0 Å². The van der Waals surface area contributed by atoms with Gasteiger partial charge in [-0.15, -0.1) is 0 Å². The summed E-state index contributed by atoms with van der Waals surface area (Å²) >= 11 is 0. The van der Waals surface area contributed by atoms with E-state index in [2.05, 4.69) is 27.6 Å². The Kier molecular flexibility index (Phi) is 6.66. The fraction of sp³-hybridized carbons (Fsp3) is 0.500. The van der Waals surface area contributed by atoms with Gasteiger partial charge < -0.3 is 15.5 Å². The first-order valence-electron chi connectivity index (χ1n) is 9.62. The maximum atomic E-state index is 12.2. The van der Waals surface area contributed by atoms with Crippen molar-refractivity contribution in [1.29, 1.82) is 0 Å². The number of anilines is 1. The van der Waals surface area contributed by atoms with Crippen molar-refractivity contribution < 1.29 is 4.79 Å². The Morgan fingerprint density at radius 1 is 1.23 bits per heavy atom. The summed E-state index contributed by atoms with van der Waals surface area (Å²) in [6, 6.07) is 10.1. The van der Waals surface area contributed by atoms with Crippen molar-refractivity contribution in [3.05, 3.63) is 42.7 Å². The maximum Gasteiger partial charge on any atom is 0.319 e. The van der Waals surface area contributed by atoms with Crippen molar-refractivity contribution in [1.82, 2.24) is 20.0 Å². The van der Waals surface area contributed by atoms with Crippen molar-refractivity contribution in [2.45, 2.75) is 45.1 Å². The summed E-state index contributed by atoms with van der Waals surface area (Å²) in [7, 11) is 0. The van der Waals surface area contributed by atoms with E-state index < -0.39 is 0 Å². The van der Waals surface area contributed by atoms with Crippen LogP contribution in [0, 0.1) is 0 Å². The molecule has 1 unspecified atom stereocenters. The first-order chi connectivity index (χ1) is 12.7. The summed E-state index contributed by atoms with van der Waals surface area (Å²) in [5, 5.41) is 10.1. The van der Waals surface area contributed by atoms with Crippen molar-refractivity contribution in [3.8, 4) is 5.69 Å². The molecule has 0 radical (unpaired) electrons. The molecule has 6 heteroatoms. The smallest absolute Gasteiger partial charge is 0.319 e. The number of carbonyl (C=O) groups is 1. The van der Waals surface area contributed by atoms with Crippen LogP contribution in [-0.2, 0) is 0 Å². The molecule has 1 aliphatic rings. The van der Waals surface area contributed by atoms with Gasteiger partial charge in [-0.1, -0.05) is 18.6 Å². The summed E-state index contributed by atoms with van der Waals surface area (Å²) in [5.74, 6) is 0. The third-order valence-corrected chi connectivity index (χ3v) is 5.00. The minimum Gasteiger partial charge on any atom is -0.338 e. The fourth-order valence-electron chi connectivity index (χ4n) is 3.49. The van der Waals surface area contributed by atoms with Crippen LogP contribution in [0.2, 0.25) is 0 Å². The minimum absolute atomic E-state index is 0.170. The average Bonchev–Trinajstić information content (AvgIpc) is 3.18. The molecular weight excluding hydrogens is 326 g/mol. The van der Waals surface area contributed by atoms with E-state index in [0.717, 1.165) is 30.8 Å². The first kappa shape index (κ1) is 18.5. The monoisotopic (exact) mass is 355 g/mol. The Balaban J connectivity index is 1.40. The standard InChI is InChI=1S/C20H29N5O/c1-17-9-4-6-14-24(17)15-7-5-12-21-20(26)23-18-10-2-3-11-19(18)25-16-8-13-22-25/h2-3,8,10-11,13,16-17H,4-7,9,12,14-15H2,1H3,(H2,21,23,26). The van der Waals surface area contributed by atoms with Crippen LogP contribution in [0.1, 0.15) is 39.0 Å². The number of piperidine rings is 1. The van der Waals surface area contributed by atoms with Crippen LogP contribution in [0.15, 0.2) is 42.7 Å². The van der Waals surface area contributed by atoms with Crippen LogP contribution < -0.4 is 10.6 Å². The second-order valence-corrected chi connectivity index (χ2v) is 6.94. The van der Waals surface area contributed by atoms with Gasteiger partial charge in [-0.3, -0.25) is 0 Å². The van der Waals surface area contributed by atoms with Crippen LogP contribution >= 0.6 is 0 Å². The first-order valence-corrected chi connectivity index (χ1v) is 9.62. The molecule has 3 rings (SSSR count). The Morgan fingerprint density at radius 3 is 2.92 bits per heavy atom. The largest absolute Gasteiger partial charge is 0.338 e. The minimum atomic E-state index is -0.170. The summed E-state index contributed by atoms with van der Waals surface area (Å²) in [6.07, 6.45) is 9.70. The van der Waals surface area contributed by atoms with Gasteiger partial charge >= 0.3 is 6.03 Å². The van der Waals surface area contributed by atoms with Crippen molar-refractivity contribution >= 4 is 11.7 Å². The van der Waals surface area contributed by atoms with E-state index in [-0.39, 0.29) is 6.03 Å². The van der Waals surface area contributed by atoms with Crippen LogP contribution in [0.4, 0.5) is 10.5 Å². The zero-order valence-corrected chi connectivity index (χ0v) is 15.5. The number of unbranched alkanes of at least 4 members (excludes halogenated alkanes) is 1. The molecular formula is C20H29N5O. The summed E-state index contributed by atoms with van der Waals surface area (Å²) in [6.45, 7) is 5.37. The number of hydrogen-bond acceptors (Lipinski definition) is 3. The lowest BCUT2D eigenvalue weighted by Gasteiger charge is -2.33. The fourth-order valence-corrected chi connectivity index (χ4v) is 3.49. The topological polar surface area (TPSA) is 62.2 Å². The van der Waals surface area contributed by atoms with E-state index >= 15 is 0 Å². The maximum absolute atomic E-state index is 12.2. The molecule has 2 aromatic rings.